The molecule has 2 heterocycles. The molecule has 0 aromatic heterocycles. The van der Waals surface area contributed by atoms with Gasteiger partial charge in [-0.25, -0.2) is 0 Å². The van der Waals surface area contributed by atoms with Crippen molar-refractivity contribution >= 4 is 38.2 Å². The van der Waals surface area contributed by atoms with Gasteiger partial charge in [0.05, 0.1) is 11.1 Å². The molecule has 1 fully saturated rings. The Balaban J connectivity index is 2.00. The molecule has 2 unspecified atom stereocenters. The number of hydrogen-bond donors (Lipinski definition) is 1. The van der Waals surface area contributed by atoms with Gasteiger partial charge in [-0.3, -0.25) is 29.4 Å². The van der Waals surface area contributed by atoms with Gasteiger partial charge in [0.1, 0.15) is 6.04 Å². The molecule has 1 aromatic rings. The van der Waals surface area contributed by atoms with Gasteiger partial charge < -0.3 is 0 Å². The van der Waals surface area contributed by atoms with Crippen molar-refractivity contribution in [1.82, 2.24) is 10.2 Å². The lowest BCUT2D eigenvalue weighted by atomic mass is 10.0. The van der Waals surface area contributed by atoms with Crippen molar-refractivity contribution in [1.29, 1.82) is 0 Å². The van der Waals surface area contributed by atoms with Crippen molar-refractivity contribution in [2.75, 3.05) is 0 Å². The largest absolute Gasteiger partial charge is 0.295 e. The van der Waals surface area contributed by atoms with Crippen LogP contribution in [0.4, 0.5) is 0 Å². The average molecular weight is 304 g/mol. The maximum Gasteiger partial charge on any atom is 0.262 e. The SMILES string of the molecule is Cc1cc2c(cc1P)C(=O)N(C1CCC(=O)NC1=O)C2=O. The average Bonchev–Trinajstić information content (AvgIpc) is 2.64. The third kappa shape index (κ3) is 2.07. The van der Waals surface area contributed by atoms with Crippen LogP contribution in [0.1, 0.15) is 39.1 Å². The molecule has 0 bridgehead atoms. The lowest BCUT2D eigenvalue weighted by Gasteiger charge is -2.27. The Morgan fingerprint density at radius 1 is 1.14 bits per heavy atom. The third-order valence-electron chi connectivity index (χ3n) is 3.83. The number of aryl methyl sites for hydroxylation is 1. The van der Waals surface area contributed by atoms with Gasteiger partial charge in [-0.2, -0.15) is 0 Å². The molecule has 1 saturated heterocycles. The lowest BCUT2D eigenvalue weighted by Crippen LogP contribution is -2.54. The van der Waals surface area contributed by atoms with Gasteiger partial charge in [0.15, 0.2) is 0 Å². The molecule has 2 aliphatic rings. The predicted octanol–water partition coefficient (Wildman–Crippen LogP) is -0.103. The molecule has 3 rings (SSSR count). The number of carbonyl (C=O) groups excluding carboxylic acids is 4. The summed E-state index contributed by atoms with van der Waals surface area (Å²) in [6, 6.07) is 2.38. The van der Waals surface area contributed by atoms with Crippen molar-refractivity contribution in [3.63, 3.8) is 0 Å². The Kier molecular flexibility index (Phi) is 3.14. The summed E-state index contributed by atoms with van der Waals surface area (Å²) >= 11 is 0. The van der Waals surface area contributed by atoms with Crippen LogP contribution in [0.5, 0.6) is 0 Å². The molecule has 108 valence electrons. The number of hydrogen-bond acceptors (Lipinski definition) is 4. The highest BCUT2D eigenvalue weighted by atomic mass is 31.0. The van der Waals surface area contributed by atoms with E-state index in [1.807, 2.05) is 6.92 Å². The molecule has 4 amide bonds. The normalized spacial score (nSPS) is 21.6. The topological polar surface area (TPSA) is 83.6 Å². The highest BCUT2D eigenvalue weighted by Crippen LogP contribution is 2.28. The standard InChI is InChI=1S/C14H13N2O4P/c1-6-4-7-8(5-10(6)21)14(20)16(13(7)19)9-2-3-11(17)15-12(9)18/h4-5,9H,2-3,21H2,1H3,(H,15,17,18). The molecule has 1 N–H and O–H groups in total. The van der Waals surface area contributed by atoms with Crippen LogP contribution in [0.2, 0.25) is 0 Å². The molecule has 2 atom stereocenters. The lowest BCUT2D eigenvalue weighted by molar-refractivity contribution is -0.136. The van der Waals surface area contributed by atoms with Gasteiger partial charge in [-0.15, -0.1) is 9.24 Å². The second-order valence-electron chi connectivity index (χ2n) is 5.20. The van der Waals surface area contributed by atoms with Crippen LogP contribution in [-0.2, 0) is 9.59 Å². The van der Waals surface area contributed by atoms with E-state index in [0.717, 1.165) is 15.8 Å². The first kappa shape index (κ1) is 13.9. The van der Waals surface area contributed by atoms with E-state index >= 15 is 0 Å². The molecule has 21 heavy (non-hydrogen) atoms. The zero-order valence-electron chi connectivity index (χ0n) is 11.3. The summed E-state index contributed by atoms with van der Waals surface area (Å²) in [5.41, 5.74) is 1.50. The van der Waals surface area contributed by atoms with E-state index in [0.29, 0.717) is 11.1 Å². The Morgan fingerprint density at radius 2 is 1.76 bits per heavy atom. The zero-order chi connectivity index (χ0) is 15.3. The van der Waals surface area contributed by atoms with Crippen LogP contribution in [0.25, 0.3) is 0 Å². The Morgan fingerprint density at radius 3 is 2.38 bits per heavy atom. The summed E-state index contributed by atoms with van der Waals surface area (Å²) in [6.07, 6.45) is 0.292. The second kappa shape index (κ2) is 4.74. The fourth-order valence-corrected chi connectivity index (χ4v) is 2.89. The van der Waals surface area contributed by atoms with E-state index in [1.54, 1.807) is 12.1 Å². The van der Waals surface area contributed by atoms with Crippen molar-refractivity contribution in [2.24, 2.45) is 0 Å². The van der Waals surface area contributed by atoms with Crippen LogP contribution < -0.4 is 10.6 Å². The fraction of sp³-hybridized carbons (Fsp3) is 0.286. The van der Waals surface area contributed by atoms with Gasteiger partial charge in [-0.1, -0.05) is 0 Å². The molecular weight excluding hydrogens is 291 g/mol. The van der Waals surface area contributed by atoms with Crippen LogP contribution in [-0.4, -0.2) is 34.6 Å². The Bertz CT molecular complexity index is 672. The molecule has 1 aromatic carbocycles. The second-order valence-corrected chi connectivity index (χ2v) is 5.82. The van der Waals surface area contributed by atoms with Crippen molar-refractivity contribution in [2.45, 2.75) is 25.8 Å². The monoisotopic (exact) mass is 304 g/mol. The number of benzene rings is 1. The van der Waals surface area contributed by atoms with E-state index in [4.69, 9.17) is 0 Å². The number of fused-ring (bicyclic) bond motifs is 1. The quantitative estimate of drug-likeness (QED) is 0.580. The number of imide groups is 2. The summed E-state index contributed by atoms with van der Waals surface area (Å²) < 4.78 is 0. The number of nitrogens with zero attached hydrogens (tertiary/aromatic N) is 1. The summed E-state index contributed by atoms with van der Waals surface area (Å²) in [4.78, 5) is 48.9. The maximum atomic E-state index is 12.4. The Hall–Kier alpha value is -2.07. The molecule has 7 heteroatoms. The first-order chi connectivity index (χ1) is 9.90. The van der Waals surface area contributed by atoms with Crippen LogP contribution in [0.15, 0.2) is 12.1 Å². The van der Waals surface area contributed by atoms with E-state index < -0.39 is 23.8 Å². The molecule has 0 radical (unpaired) electrons. The smallest absolute Gasteiger partial charge is 0.262 e. The number of piperidine rings is 1. The molecule has 6 nitrogen and oxygen atoms in total. The number of amides is 4. The molecule has 0 spiro atoms. The van der Waals surface area contributed by atoms with E-state index in [9.17, 15) is 19.2 Å². The molecule has 2 aliphatic heterocycles. The van der Waals surface area contributed by atoms with E-state index in [2.05, 4.69) is 14.6 Å². The van der Waals surface area contributed by atoms with Crippen molar-refractivity contribution in [3.05, 3.63) is 28.8 Å². The van der Waals surface area contributed by atoms with Crippen molar-refractivity contribution in [3.8, 4) is 0 Å². The van der Waals surface area contributed by atoms with E-state index in [1.165, 1.54) is 0 Å². The Labute approximate surface area is 123 Å². The highest BCUT2D eigenvalue weighted by Gasteiger charge is 2.44. The van der Waals surface area contributed by atoms with Gasteiger partial charge >= 0.3 is 0 Å². The molecular formula is C14H13N2O4P. The zero-order valence-corrected chi connectivity index (χ0v) is 12.5. The van der Waals surface area contributed by atoms with Crippen LogP contribution in [0, 0.1) is 6.92 Å². The first-order valence-corrected chi connectivity index (χ1v) is 7.09. The summed E-state index contributed by atoms with van der Waals surface area (Å²) in [5, 5.41) is 3.00. The van der Waals surface area contributed by atoms with E-state index in [-0.39, 0.29) is 18.7 Å². The highest BCUT2D eigenvalue weighted by molar-refractivity contribution is 7.27. The summed E-state index contributed by atoms with van der Waals surface area (Å²) in [5.74, 6) is -1.93. The third-order valence-corrected chi connectivity index (χ3v) is 4.45. The first-order valence-electron chi connectivity index (χ1n) is 6.52. The number of rotatable bonds is 1. The minimum atomic E-state index is -0.914. The number of nitrogens with one attached hydrogen (secondary N) is 1. The van der Waals surface area contributed by atoms with Gasteiger partial charge in [0, 0.05) is 6.42 Å². The fourth-order valence-electron chi connectivity index (χ4n) is 2.64. The number of carbonyl (C=O) groups is 4. The summed E-state index contributed by atoms with van der Waals surface area (Å²) in [6.45, 7) is 1.84. The minimum Gasteiger partial charge on any atom is -0.295 e. The maximum absolute atomic E-state index is 12.4. The minimum absolute atomic E-state index is 0.123. The molecule has 0 aliphatic carbocycles. The van der Waals surface area contributed by atoms with Crippen LogP contribution >= 0.6 is 9.24 Å². The van der Waals surface area contributed by atoms with Gasteiger partial charge in [0.2, 0.25) is 11.8 Å². The van der Waals surface area contributed by atoms with Gasteiger partial charge in [-0.05, 0) is 36.3 Å². The predicted molar refractivity (Wildman–Crippen MR) is 77.2 cm³/mol. The molecule has 0 saturated carbocycles. The van der Waals surface area contributed by atoms with Crippen molar-refractivity contribution < 1.29 is 19.2 Å². The van der Waals surface area contributed by atoms with Crippen LogP contribution in [0.3, 0.4) is 0 Å². The summed E-state index contributed by atoms with van der Waals surface area (Å²) in [7, 11) is 2.51. The van der Waals surface area contributed by atoms with Gasteiger partial charge in [0.25, 0.3) is 11.8 Å².